The monoisotopic (exact) mass is 455 g/mol. The first-order valence-corrected chi connectivity index (χ1v) is 12.8. The number of nitrogens with one attached hydrogen (secondary N) is 1. The van der Waals surface area contributed by atoms with Crippen LogP contribution in [0.25, 0.3) is 0 Å². The second-order valence-corrected chi connectivity index (χ2v) is 11.8. The minimum atomic E-state index is -0.322. The van der Waals surface area contributed by atoms with Crippen LogP contribution in [-0.4, -0.2) is 32.9 Å². The Kier molecular flexibility index (Phi) is 11.9. The molecule has 0 fully saturated rings. The molecule has 1 amide bonds. The van der Waals surface area contributed by atoms with E-state index in [0.29, 0.717) is 12.2 Å². The van der Waals surface area contributed by atoms with Crippen molar-refractivity contribution in [2.24, 2.45) is 0 Å². The highest BCUT2D eigenvalue weighted by Crippen LogP contribution is 2.23. The summed E-state index contributed by atoms with van der Waals surface area (Å²) in [7, 11) is 0. The Morgan fingerprint density at radius 1 is 1.10 bits per heavy atom. The molecule has 1 N–H and O–H groups in total. The number of carbonyl (C=O) groups excluding carboxylic acids is 1. The summed E-state index contributed by atoms with van der Waals surface area (Å²) in [5, 5.41) is 3.13. The number of thiocarbonyl (C=S) groups is 1. The lowest BCUT2D eigenvalue weighted by Crippen LogP contribution is -2.44. The quantitative estimate of drug-likeness (QED) is 0.276. The molecule has 0 aromatic heterocycles. The molecule has 0 saturated carbocycles. The molecule has 1 rings (SSSR count). The second kappa shape index (κ2) is 13.0. The summed E-state index contributed by atoms with van der Waals surface area (Å²) in [6, 6.07) is 7.82. The van der Waals surface area contributed by atoms with E-state index in [1.54, 1.807) is 23.5 Å². The van der Waals surface area contributed by atoms with Gasteiger partial charge in [0.2, 0.25) is 0 Å². The van der Waals surface area contributed by atoms with Crippen molar-refractivity contribution in [3.63, 3.8) is 0 Å². The third kappa shape index (κ3) is 11.4. The predicted molar refractivity (Wildman–Crippen MR) is 134 cm³/mol. The number of thioether (sulfide) groups is 2. The Hall–Kier alpha value is -0.560. The summed E-state index contributed by atoms with van der Waals surface area (Å²) in [6.45, 7) is 13.2. The van der Waals surface area contributed by atoms with E-state index in [4.69, 9.17) is 17.0 Å². The van der Waals surface area contributed by atoms with Crippen molar-refractivity contribution in [2.75, 3.05) is 12.4 Å². The van der Waals surface area contributed by atoms with Crippen molar-refractivity contribution in [3.8, 4) is 0 Å². The fourth-order valence-electron chi connectivity index (χ4n) is 2.36. The maximum absolute atomic E-state index is 12.6. The van der Waals surface area contributed by atoms with Gasteiger partial charge in [-0.1, -0.05) is 44.6 Å². The topological polar surface area (TPSA) is 38.3 Å². The Morgan fingerprint density at radius 3 is 2.34 bits per heavy atom. The number of hydrogen-bond acceptors (Lipinski definition) is 5. The molecule has 0 bridgehead atoms. The van der Waals surface area contributed by atoms with E-state index in [-0.39, 0.29) is 17.0 Å². The van der Waals surface area contributed by atoms with Gasteiger partial charge in [0.1, 0.15) is 3.53 Å². The molecule has 0 spiro atoms. The molecule has 6 heteroatoms. The second-order valence-electron chi connectivity index (χ2n) is 8.49. The Morgan fingerprint density at radius 2 is 1.76 bits per heavy atom. The van der Waals surface area contributed by atoms with Crippen molar-refractivity contribution in [3.05, 3.63) is 35.4 Å². The Bertz CT molecular complexity index is 642. The van der Waals surface area contributed by atoms with Crippen LogP contribution in [0.3, 0.4) is 0 Å². The fourth-order valence-corrected chi connectivity index (χ4v) is 4.63. The normalized spacial score (nSPS) is 12.1. The van der Waals surface area contributed by atoms with Gasteiger partial charge < -0.3 is 10.1 Å². The molecule has 0 unspecified atom stereocenters. The number of ether oxygens (including phenoxy) is 1. The van der Waals surface area contributed by atoms with Crippen LogP contribution in [0.5, 0.6) is 0 Å². The van der Waals surface area contributed by atoms with E-state index in [2.05, 4.69) is 33.0 Å². The number of amides is 1. The van der Waals surface area contributed by atoms with Crippen molar-refractivity contribution in [1.82, 2.24) is 5.32 Å². The number of unbranched alkanes of at least 4 members (excludes halogenated alkanes) is 1. The molecule has 0 heterocycles. The number of hydrogen-bond donors (Lipinski definition) is 1. The average molecular weight is 456 g/mol. The van der Waals surface area contributed by atoms with E-state index in [0.717, 1.165) is 27.9 Å². The van der Waals surface area contributed by atoms with Gasteiger partial charge in [-0.25, -0.2) is 0 Å². The molecule has 0 aliphatic rings. The van der Waals surface area contributed by atoms with Gasteiger partial charge >= 0.3 is 0 Å². The van der Waals surface area contributed by atoms with Gasteiger partial charge in [-0.2, -0.15) is 0 Å². The molecule has 29 heavy (non-hydrogen) atoms. The first kappa shape index (κ1) is 26.5. The van der Waals surface area contributed by atoms with Crippen LogP contribution >= 0.6 is 35.7 Å². The molecule has 0 radical (unpaired) electrons. The molecular formula is C23H37NO2S3. The van der Waals surface area contributed by atoms with Gasteiger partial charge in [-0.15, -0.1) is 23.5 Å². The molecule has 0 saturated heterocycles. The number of rotatable bonds is 12. The summed E-state index contributed by atoms with van der Waals surface area (Å²) >= 11 is 8.87. The molecule has 3 nitrogen and oxygen atoms in total. The first-order valence-electron chi connectivity index (χ1n) is 10.4. The minimum Gasteiger partial charge on any atom is -0.375 e. The van der Waals surface area contributed by atoms with E-state index in [1.807, 2.05) is 38.1 Å². The van der Waals surface area contributed by atoms with Gasteiger partial charge in [-0.3, -0.25) is 4.79 Å². The highest BCUT2D eigenvalue weighted by atomic mass is 32.2. The summed E-state index contributed by atoms with van der Waals surface area (Å²) in [4.78, 5) is 12.6. The average Bonchev–Trinajstić information content (AvgIpc) is 2.66. The van der Waals surface area contributed by atoms with E-state index < -0.39 is 0 Å². The summed E-state index contributed by atoms with van der Waals surface area (Å²) in [5.41, 5.74) is 1.42. The highest BCUT2D eigenvalue weighted by Gasteiger charge is 2.23. The highest BCUT2D eigenvalue weighted by molar-refractivity contribution is 8.46. The molecular weight excluding hydrogens is 418 g/mol. The Balaban J connectivity index is 2.47. The maximum atomic E-state index is 12.6. The van der Waals surface area contributed by atoms with Gasteiger partial charge in [0.15, 0.2) is 0 Å². The van der Waals surface area contributed by atoms with Crippen LogP contribution < -0.4 is 5.32 Å². The Labute approximate surface area is 191 Å². The zero-order valence-electron chi connectivity index (χ0n) is 18.8. The largest absolute Gasteiger partial charge is 0.375 e. The standard InChI is InChI=1S/C23H37NO2S3/c1-7-9-16-28-21(27)29-17-18-10-12-19(13-11-18)20(25)24-22(3,4)14-15-26-23(5,6)8-2/h10-13H,7-9,14-17H2,1-6H3,(H,24,25). The minimum absolute atomic E-state index is 0.0467. The fraction of sp³-hybridized carbons (Fsp3) is 0.652. The van der Waals surface area contributed by atoms with Crippen LogP contribution in [0.2, 0.25) is 0 Å². The predicted octanol–water partition coefficient (Wildman–Crippen LogP) is 6.84. The van der Waals surface area contributed by atoms with Crippen LogP contribution in [0.4, 0.5) is 0 Å². The lowest BCUT2D eigenvalue weighted by Gasteiger charge is -2.29. The summed E-state index contributed by atoms with van der Waals surface area (Å²) < 4.78 is 6.92. The summed E-state index contributed by atoms with van der Waals surface area (Å²) in [5.74, 6) is 1.89. The van der Waals surface area contributed by atoms with E-state index >= 15 is 0 Å². The third-order valence-electron chi connectivity index (χ3n) is 4.81. The molecule has 0 aliphatic carbocycles. The first-order chi connectivity index (χ1) is 13.6. The zero-order valence-corrected chi connectivity index (χ0v) is 21.2. The molecule has 1 aromatic rings. The zero-order chi connectivity index (χ0) is 21.9. The van der Waals surface area contributed by atoms with E-state index in [1.165, 1.54) is 18.4 Å². The van der Waals surface area contributed by atoms with Crippen LogP contribution in [-0.2, 0) is 10.5 Å². The number of benzene rings is 1. The van der Waals surface area contributed by atoms with Gasteiger partial charge in [0.05, 0.1) is 5.60 Å². The van der Waals surface area contributed by atoms with Crippen molar-refractivity contribution < 1.29 is 9.53 Å². The van der Waals surface area contributed by atoms with Crippen LogP contribution in [0, 0.1) is 0 Å². The van der Waals surface area contributed by atoms with Crippen LogP contribution in [0.1, 0.15) is 83.1 Å². The van der Waals surface area contributed by atoms with Gasteiger partial charge in [0.25, 0.3) is 5.91 Å². The lowest BCUT2D eigenvalue weighted by molar-refractivity contribution is -0.0271. The summed E-state index contributed by atoms with van der Waals surface area (Å²) in [6.07, 6.45) is 4.13. The third-order valence-corrected chi connectivity index (χ3v) is 7.67. The van der Waals surface area contributed by atoms with E-state index in [9.17, 15) is 4.79 Å². The lowest BCUT2D eigenvalue weighted by atomic mass is 9.99. The molecule has 164 valence electrons. The van der Waals surface area contributed by atoms with Crippen molar-refractivity contribution in [2.45, 2.75) is 84.1 Å². The number of carbonyl (C=O) groups is 1. The molecule has 0 aliphatic heterocycles. The van der Waals surface area contributed by atoms with Crippen LogP contribution in [0.15, 0.2) is 24.3 Å². The van der Waals surface area contributed by atoms with Crippen molar-refractivity contribution >= 4 is 45.2 Å². The molecule has 1 aromatic carbocycles. The maximum Gasteiger partial charge on any atom is 0.251 e. The molecule has 0 atom stereocenters. The smallest absolute Gasteiger partial charge is 0.251 e. The SMILES string of the molecule is CCCCSC(=S)SCc1ccc(C(=O)NC(C)(C)CCOC(C)(C)CC)cc1. The van der Waals surface area contributed by atoms with Gasteiger partial charge in [-0.05, 0) is 70.4 Å². The van der Waals surface area contributed by atoms with Gasteiger partial charge in [0, 0.05) is 23.5 Å². The van der Waals surface area contributed by atoms with Crippen molar-refractivity contribution in [1.29, 1.82) is 0 Å².